The van der Waals surface area contributed by atoms with Crippen LogP contribution >= 0.6 is 0 Å². The maximum Gasteiger partial charge on any atom is 0.138 e. The SMILES string of the molecule is Cn1cc(-c2cnn3ccc(-c4c[nH]c5nc(CO)ccc45)cc23)cn1. The van der Waals surface area contributed by atoms with Gasteiger partial charge in [0.2, 0.25) is 0 Å². The average Bonchev–Trinajstić information content (AvgIpc) is 3.37. The largest absolute Gasteiger partial charge is 0.390 e. The van der Waals surface area contributed by atoms with Gasteiger partial charge in [-0.1, -0.05) is 0 Å². The molecule has 0 aliphatic carbocycles. The zero-order valence-corrected chi connectivity index (χ0v) is 14.1. The first-order valence-electron chi connectivity index (χ1n) is 8.27. The zero-order chi connectivity index (χ0) is 17.7. The zero-order valence-electron chi connectivity index (χ0n) is 14.1. The third-order valence-electron chi connectivity index (χ3n) is 4.61. The third-order valence-corrected chi connectivity index (χ3v) is 4.61. The lowest BCUT2D eigenvalue weighted by atomic mass is 10.0. The second-order valence-electron chi connectivity index (χ2n) is 6.27. The van der Waals surface area contributed by atoms with Gasteiger partial charge in [0.1, 0.15) is 5.65 Å². The van der Waals surface area contributed by atoms with Crippen molar-refractivity contribution in [2.45, 2.75) is 6.61 Å². The second kappa shape index (κ2) is 5.53. The molecule has 2 N–H and O–H groups in total. The number of aliphatic hydroxyl groups is 1. The Morgan fingerprint density at radius 1 is 1.08 bits per heavy atom. The Balaban J connectivity index is 1.68. The van der Waals surface area contributed by atoms with E-state index in [0.29, 0.717) is 5.69 Å². The van der Waals surface area contributed by atoms with Crippen LogP contribution in [0.15, 0.2) is 55.2 Å². The number of aromatic nitrogens is 6. The summed E-state index contributed by atoms with van der Waals surface area (Å²) >= 11 is 0. The van der Waals surface area contributed by atoms with Gasteiger partial charge >= 0.3 is 0 Å². The minimum absolute atomic E-state index is 0.0689. The molecule has 0 spiro atoms. The molecule has 7 heteroatoms. The molecule has 0 amide bonds. The number of nitrogens with one attached hydrogen (secondary N) is 1. The summed E-state index contributed by atoms with van der Waals surface area (Å²) in [4.78, 5) is 7.62. The molecule has 5 heterocycles. The third kappa shape index (κ3) is 2.21. The summed E-state index contributed by atoms with van der Waals surface area (Å²) in [5.74, 6) is 0. The van der Waals surface area contributed by atoms with E-state index in [1.54, 1.807) is 4.68 Å². The van der Waals surface area contributed by atoms with Crippen molar-refractivity contribution in [1.82, 2.24) is 29.4 Å². The highest BCUT2D eigenvalue weighted by molar-refractivity contribution is 5.95. The molecular formula is C19H16N6O. The lowest BCUT2D eigenvalue weighted by molar-refractivity contribution is 0.277. The Kier molecular flexibility index (Phi) is 3.16. The maximum absolute atomic E-state index is 9.26. The summed E-state index contributed by atoms with van der Waals surface area (Å²) < 4.78 is 3.65. The van der Waals surface area contributed by atoms with E-state index in [9.17, 15) is 5.11 Å². The highest BCUT2D eigenvalue weighted by atomic mass is 16.3. The molecule has 0 saturated heterocycles. The fraction of sp³-hybridized carbons (Fsp3) is 0.105. The summed E-state index contributed by atoms with van der Waals surface area (Å²) in [6, 6.07) is 7.99. The van der Waals surface area contributed by atoms with Gasteiger partial charge in [0.05, 0.1) is 30.2 Å². The van der Waals surface area contributed by atoms with Crippen LogP contribution < -0.4 is 0 Å². The maximum atomic E-state index is 9.26. The minimum Gasteiger partial charge on any atom is -0.390 e. The van der Waals surface area contributed by atoms with E-state index in [0.717, 1.165) is 38.8 Å². The summed E-state index contributed by atoms with van der Waals surface area (Å²) in [7, 11) is 1.90. The van der Waals surface area contributed by atoms with Crippen molar-refractivity contribution in [2.75, 3.05) is 0 Å². The fourth-order valence-corrected chi connectivity index (χ4v) is 3.30. The van der Waals surface area contributed by atoms with Gasteiger partial charge in [-0.05, 0) is 29.8 Å². The van der Waals surface area contributed by atoms with Gasteiger partial charge in [-0.2, -0.15) is 10.2 Å². The summed E-state index contributed by atoms with van der Waals surface area (Å²) in [6.07, 6.45) is 9.59. The van der Waals surface area contributed by atoms with Gasteiger partial charge < -0.3 is 10.1 Å². The molecule has 0 atom stereocenters. The Labute approximate surface area is 148 Å². The van der Waals surface area contributed by atoms with Crippen LogP contribution in [0, 0.1) is 0 Å². The summed E-state index contributed by atoms with van der Waals surface area (Å²) in [6.45, 7) is -0.0689. The number of aryl methyl sites for hydroxylation is 1. The van der Waals surface area contributed by atoms with Crippen LogP contribution in [0.4, 0.5) is 0 Å². The molecule has 128 valence electrons. The molecule has 7 nitrogen and oxygen atoms in total. The van der Waals surface area contributed by atoms with E-state index in [2.05, 4.69) is 26.2 Å². The number of rotatable bonds is 3. The predicted octanol–water partition coefficient (Wildman–Crippen LogP) is 2.77. The first-order chi connectivity index (χ1) is 12.7. The Hall–Kier alpha value is -3.45. The molecule has 26 heavy (non-hydrogen) atoms. The fourth-order valence-electron chi connectivity index (χ4n) is 3.30. The van der Waals surface area contributed by atoms with Crippen LogP contribution in [0.2, 0.25) is 0 Å². The molecule has 5 rings (SSSR count). The predicted molar refractivity (Wildman–Crippen MR) is 98.4 cm³/mol. The van der Waals surface area contributed by atoms with Gasteiger partial charge in [-0.15, -0.1) is 0 Å². The monoisotopic (exact) mass is 344 g/mol. The quantitative estimate of drug-likeness (QED) is 0.527. The number of hydrogen-bond donors (Lipinski definition) is 2. The van der Waals surface area contributed by atoms with Crippen molar-refractivity contribution in [3.8, 4) is 22.3 Å². The standard InChI is InChI=1S/C19H16N6O/c1-24-10-13(7-21-24)17-9-22-25-5-4-12(6-18(17)25)16-8-20-19-15(16)3-2-14(11-26)23-19/h2-10,26H,11H2,1H3,(H,20,23). The Morgan fingerprint density at radius 2 is 2.00 bits per heavy atom. The van der Waals surface area contributed by atoms with Crippen molar-refractivity contribution < 1.29 is 5.11 Å². The molecule has 5 aromatic rings. The molecule has 0 aliphatic heterocycles. The average molecular weight is 344 g/mol. The molecule has 0 saturated carbocycles. The number of nitrogens with zero attached hydrogens (tertiary/aromatic N) is 5. The highest BCUT2D eigenvalue weighted by Crippen LogP contribution is 2.31. The smallest absolute Gasteiger partial charge is 0.138 e. The van der Waals surface area contributed by atoms with E-state index in [1.165, 1.54) is 0 Å². The van der Waals surface area contributed by atoms with Gasteiger partial charge in [0, 0.05) is 47.7 Å². The number of aromatic amines is 1. The van der Waals surface area contributed by atoms with Crippen molar-refractivity contribution in [1.29, 1.82) is 0 Å². The first kappa shape index (κ1) is 14.9. The van der Waals surface area contributed by atoms with Gasteiger partial charge in [0.25, 0.3) is 0 Å². The van der Waals surface area contributed by atoms with Crippen molar-refractivity contribution in [3.05, 3.63) is 60.9 Å². The van der Waals surface area contributed by atoms with Crippen LogP contribution in [-0.4, -0.2) is 34.5 Å². The van der Waals surface area contributed by atoms with Gasteiger partial charge in [-0.3, -0.25) is 4.68 Å². The minimum atomic E-state index is -0.0689. The van der Waals surface area contributed by atoms with E-state index < -0.39 is 0 Å². The second-order valence-corrected chi connectivity index (χ2v) is 6.27. The molecule has 0 unspecified atom stereocenters. The lowest BCUT2D eigenvalue weighted by Crippen LogP contribution is -1.89. The van der Waals surface area contributed by atoms with Crippen LogP contribution in [0.5, 0.6) is 0 Å². The van der Waals surface area contributed by atoms with Gasteiger partial charge in [0.15, 0.2) is 0 Å². The van der Waals surface area contributed by atoms with Crippen molar-refractivity contribution >= 4 is 16.6 Å². The topological polar surface area (TPSA) is 84.0 Å². The van der Waals surface area contributed by atoms with Crippen LogP contribution in [0.3, 0.4) is 0 Å². The number of fused-ring (bicyclic) bond motifs is 2. The number of H-pyrrole nitrogens is 1. The molecule has 0 bridgehead atoms. The van der Waals surface area contributed by atoms with Crippen molar-refractivity contribution in [2.24, 2.45) is 7.05 Å². The molecular weight excluding hydrogens is 328 g/mol. The molecule has 0 radical (unpaired) electrons. The number of aliphatic hydroxyl groups excluding tert-OH is 1. The Bertz CT molecular complexity index is 1250. The number of hydrogen-bond acceptors (Lipinski definition) is 4. The summed E-state index contributed by atoms with van der Waals surface area (Å²) in [5, 5.41) is 19.0. The number of pyridine rings is 2. The van der Waals surface area contributed by atoms with E-state index >= 15 is 0 Å². The normalized spacial score (nSPS) is 11.6. The molecule has 0 aromatic carbocycles. The molecule has 0 aliphatic rings. The van der Waals surface area contributed by atoms with Gasteiger partial charge in [-0.25, -0.2) is 9.50 Å². The summed E-state index contributed by atoms with van der Waals surface area (Å²) in [5.41, 5.74) is 6.66. The van der Waals surface area contributed by atoms with E-state index in [4.69, 9.17) is 0 Å². The molecule has 5 aromatic heterocycles. The van der Waals surface area contributed by atoms with Crippen molar-refractivity contribution in [3.63, 3.8) is 0 Å². The molecule has 0 fully saturated rings. The highest BCUT2D eigenvalue weighted by Gasteiger charge is 2.12. The van der Waals surface area contributed by atoms with E-state index in [1.807, 2.05) is 60.7 Å². The van der Waals surface area contributed by atoms with Crippen LogP contribution in [0.1, 0.15) is 5.69 Å². The lowest BCUT2D eigenvalue weighted by Gasteiger charge is -2.03. The van der Waals surface area contributed by atoms with E-state index in [-0.39, 0.29) is 6.61 Å². The van der Waals surface area contributed by atoms with Crippen LogP contribution in [-0.2, 0) is 13.7 Å². The Morgan fingerprint density at radius 3 is 2.81 bits per heavy atom. The first-order valence-corrected chi connectivity index (χ1v) is 8.27. The van der Waals surface area contributed by atoms with Crippen LogP contribution in [0.25, 0.3) is 38.8 Å².